The quantitative estimate of drug-likeness (QED) is 0.634. The fourth-order valence-corrected chi connectivity index (χ4v) is 5.69. The predicted octanol–water partition coefficient (Wildman–Crippen LogP) is 1.24. The van der Waals surface area contributed by atoms with Gasteiger partial charge in [0.25, 0.3) is 0 Å². The van der Waals surface area contributed by atoms with E-state index in [1.165, 1.54) is 0 Å². The van der Waals surface area contributed by atoms with Crippen LogP contribution in [-0.2, 0) is 19.1 Å². The topological polar surface area (TPSA) is 82.2 Å². The van der Waals surface area contributed by atoms with E-state index < -0.39 is 0 Å². The Bertz CT molecular complexity index is 644. The van der Waals surface area contributed by atoms with Gasteiger partial charge in [0.1, 0.15) is 0 Å². The van der Waals surface area contributed by atoms with Crippen molar-refractivity contribution in [1.29, 1.82) is 0 Å². The summed E-state index contributed by atoms with van der Waals surface area (Å²) in [4.78, 5) is 43.6. The maximum absolute atomic E-state index is 12.5. The maximum Gasteiger partial charge on any atom is 0.241 e. The molecular weight excluding hydrogens is 408 g/mol. The Labute approximate surface area is 192 Å². The SMILES string of the molecule is O=C(NCC(=O)N1CCCC1)C1CCN(C2CCN(C(=O)CCC3CCOC3)CC2)CC1. The lowest BCUT2D eigenvalue weighted by Crippen LogP contribution is -2.50. The number of nitrogens with one attached hydrogen (secondary N) is 1. The molecule has 1 N–H and O–H groups in total. The number of rotatable bonds is 7. The molecule has 4 aliphatic heterocycles. The van der Waals surface area contributed by atoms with Crippen molar-refractivity contribution in [1.82, 2.24) is 20.0 Å². The molecular formula is C24H40N4O4. The first-order chi connectivity index (χ1) is 15.6. The van der Waals surface area contributed by atoms with Crippen LogP contribution in [0.25, 0.3) is 0 Å². The van der Waals surface area contributed by atoms with Gasteiger partial charge in [0.15, 0.2) is 0 Å². The molecule has 0 saturated carbocycles. The normalized spacial score (nSPS) is 25.9. The molecule has 0 aromatic heterocycles. The molecule has 4 rings (SSSR count). The van der Waals surface area contributed by atoms with Crippen molar-refractivity contribution in [2.75, 3.05) is 59.0 Å². The average molecular weight is 449 g/mol. The Morgan fingerprint density at radius 3 is 2.16 bits per heavy atom. The largest absolute Gasteiger partial charge is 0.381 e. The molecule has 1 unspecified atom stereocenters. The molecule has 8 nitrogen and oxygen atoms in total. The molecule has 0 radical (unpaired) electrons. The van der Waals surface area contributed by atoms with Crippen molar-refractivity contribution >= 4 is 17.7 Å². The highest BCUT2D eigenvalue weighted by Gasteiger charge is 2.32. The van der Waals surface area contributed by atoms with Crippen molar-refractivity contribution in [3.8, 4) is 0 Å². The smallest absolute Gasteiger partial charge is 0.241 e. The van der Waals surface area contributed by atoms with Crippen LogP contribution in [0, 0.1) is 11.8 Å². The molecule has 32 heavy (non-hydrogen) atoms. The van der Waals surface area contributed by atoms with Crippen molar-refractivity contribution in [2.45, 2.75) is 63.8 Å². The fraction of sp³-hybridized carbons (Fsp3) is 0.875. The van der Waals surface area contributed by atoms with Gasteiger partial charge in [-0.3, -0.25) is 14.4 Å². The molecule has 0 spiro atoms. The summed E-state index contributed by atoms with van der Waals surface area (Å²) in [6.07, 6.45) is 8.61. The summed E-state index contributed by atoms with van der Waals surface area (Å²) in [5, 5.41) is 2.87. The van der Waals surface area contributed by atoms with Gasteiger partial charge in [0.2, 0.25) is 17.7 Å². The van der Waals surface area contributed by atoms with E-state index in [1.807, 2.05) is 9.80 Å². The third-order valence-corrected chi connectivity index (χ3v) is 7.90. The molecule has 180 valence electrons. The van der Waals surface area contributed by atoms with Gasteiger partial charge >= 0.3 is 0 Å². The number of carbonyl (C=O) groups is 3. The highest BCUT2D eigenvalue weighted by molar-refractivity contribution is 5.86. The van der Waals surface area contributed by atoms with Gasteiger partial charge in [-0.2, -0.15) is 0 Å². The second-order valence-corrected chi connectivity index (χ2v) is 10.00. The van der Waals surface area contributed by atoms with E-state index in [-0.39, 0.29) is 24.3 Å². The van der Waals surface area contributed by atoms with E-state index in [2.05, 4.69) is 10.2 Å². The molecule has 0 aliphatic carbocycles. The first kappa shape index (κ1) is 23.5. The van der Waals surface area contributed by atoms with E-state index in [1.54, 1.807) is 0 Å². The fourth-order valence-electron chi connectivity index (χ4n) is 5.69. The Balaban J connectivity index is 1.11. The van der Waals surface area contributed by atoms with E-state index in [0.29, 0.717) is 24.3 Å². The van der Waals surface area contributed by atoms with Gasteiger partial charge in [-0.1, -0.05) is 0 Å². The van der Waals surface area contributed by atoms with Crippen LogP contribution in [0.5, 0.6) is 0 Å². The summed E-state index contributed by atoms with van der Waals surface area (Å²) < 4.78 is 5.41. The van der Waals surface area contributed by atoms with E-state index in [0.717, 1.165) is 104 Å². The molecule has 0 aromatic rings. The zero-order chi connectivity index (χ0) is 22.3. The van der Waals surface area contributed by atoms with E-state index in [9.17, 15) is 14.4 Å². The number of ether oxygens (including phenoxy) is 1. The molecule has 1 atom stereocenters. The van der Waals surface area contributed by atoms with Gasteiger partial charge < -0.3 is 24.8 Å². The Kier molecular flexibility index (Phi) is 8.41. The first-order valence-corrected chi connectivity index (χ1v) is 12.7. The Morgan fingerprint density at radius 2 is 1.50 bits per heavy atom. The van der Waals surface area contributed by atoms with Crippen LogP contribution < -0.4 is 5.32 Å². The summed E-state index contributed by atoms with van der Waals surface area (Å²) >= 11 is 0. The second kappa shape index (κ2) is 11.5. The molecule has 4 saturated heterocycles. The van der Waals surface area contributed by atoms with Gasteiger partial charge in [-0.15, -0.1) is 0 Å². The van der Waals surface area contributed by atoms with Gasteiger partial charge in [0.05, 0.1) is 6.54 Å². The highest BCUT2D eigenvalue weighted by Crippen LogP contribution is 2.25. The van der Waals surface area contributed by atoms with E-state index in [4.69, 9.17) is 4.74 Å². The lowest BCUT2D eigenvalue weighted by atomic mass is 9.92. The minimum atomic E-state index is 0.0128. The standard InChI is InChI=1S/C24H40N4O4/c29-22(4-3-19-9-16-32-18-19)28-14-7-21(8-15-28)26-12-5-20(6-13-26)24(31)25-17-23(30)27-10-1-2-11-27/h19-21H,1-18H2,(H,25,31). The number of piperidine rings is 2. The molecule has 4 fully saturated rings. The number of carbonyl (C=O) groups excluding carboxylic acids is 3. The van der Waals surface area contributed by atoms with E-state index >= 15 is 0 Å². The molecule has 8 heteroatoms. The van der Waals surface area contributed by atoms with Crippen molar-refractivity contribution in [3.63, 3.8) is 0 Å². The lowest BCUT2D eigenvalue weighted by molar-refractivity contribution is -0.134. The number of likely N-dealkylation sites (tertiary alicyclic amines) is 3. The molecule has 0 bridgehead atoms. The Morgan fingerprint density at radius 1 is 0.812 bits per heavy atom. The summed E-state index contributed by atoms with van der Waals surface area (Å²) in [6.45, 7) is 7.01. The number of hydrogen-bond donors (Lipinski definition) is 1. The van der Waals surface area contributed by atoms with Crippen LogP contribution in [0.1, 0.15) is 57.8 Å². The molecule has 0 aromatic carbocycles. The van der Waals surface area contributed by atoms with Crippen molar-refractivity contribution < 1.29 is 19.1 Å². The third-order valence-electron chi connectivity index (χ3n) is 7.90. The second-order valence-electron chi connectivity index (χ2n) is 10.00. The summed E-state index contributed by atoms with van der Waals surface area (Å²) in [5.41, 5.74) is 0. The van der Waals surface area contributed by atoms with Crippen LogP contribution in [0.3, 0.4) is 0 Å². The highest BCUT2D eigenvalue weighted by atomic mass is 16.5. The van der Waals surface area contributed by atoms with Crippen LogP contribution in [-0.4, -0.2) is 97.5 Å². The van der Waals surface area contributed by atoms with Gasteiger partial charge in [-0.05, 0) is 70.4 Å². The molecule has 3 amide bonds. The monoisotopic (exact) mass is 448 g/mol. The Hall–Kier alpha value is -1.67. The van der Waals surface area contributed by atoms with Crippen molar-refractivity contribution in [2.24, 2.45) is 11.8 Å². The van der Waals surface area contributed by atoms with Gasteiger partial charge in [0, 0.05) is 57.8 Å². The number of hydrogen-bond acceptors (Lipinski definition) is 5. The van der Waals surface area contributed by atoms with Crippen LogP contribution >= 0.6 is 0 Å². The van der Waals surface area contributed by atoms with Crippen LogP contribution in [0.2, 0.25) is 0 Å². The summed E-state index contributed by atoms with van der Waals surface area (Å²) in [6, 6.07) is 0.517. The number of amides is 3. The van der Waals surface area contributed by atoms with Crippen molar-refractivity contribution in [3.05, 3.63) is 0 Å². The molecule has 4 aliphatic rings. The molecule has 4 heterocycles. The zero-order valence-corrected chi connectivity index (χ0v) is 19.4. The minimum absolute atomic E-state index is 0.0128. The third kappa shape index (κ3) is 6.22. The average Bonchev–Trinajstić information content (AvgIpc) is 3.56. The number of nitrogens with zero attached hydrogens (tertiary/aromatic N) is 3. The summed E-state index contributed by atoms with van der Waals surface area (Å²) in [7, 11) is 0. The first-order valence-electron chi connectivity index (χ1n) is 12.7. The lowest BCUT2D eigenvalue weighted by Gasteiger charge is -2.41. The van der Waals surface area contributed by atoms with Crippen LogP contribution in [0.15, 0.2) is 0 Å². The zero-order valence-electron chi connectivity index (χ0n) is 19.4. The summed E-state index contributed by atoms with van der Waals surface area (Å²) in [5.74, 6) is 0.956. The predicted molar refractivity (Wildman–Crippen MR) is 121 cm³/mol. The maximum atomic E-state index is 12.5. The minimum Gasteiger partial charge on any atom is -0.381 e. The van der Waals surface area contributed by atoms with Crippen LogP contribution in [0.4, 0.5) is 0 Å². The van der Waals surface area contributed by atoms with Gasteiger partial charge in [-0.25, -0.2) is 0 Å².